The average molecular weight is 551 g/mol. The summed E-state index contributed by atoms with van der Waals surface area (Å²) in [6.07, 6.45) is 0. The van der Waals surface area contributed by atoms with Crippen molar-refractivity contribution < 1.29 is 18.7 Å². The number of methoxy groups -OCH3 is 3. The van der Waals surface area contributed by atoms with E-state index in [4.69, 9.17) is 18.7 Å². The molecule has 1 aliphatic heterocycles. The van der Waals surface area contributed by atoms with Gasteiger partial charge in [0.25, 0.3) is 0 Å². The third-order valence-electron chi connectivity index (χ3n) is 6.40. The molecule has 8 nitrogen and oxygen atoms in total. The molecule has 38 heavy (non-hydrogen) atoms. The van der Waals surface area contributed by atoms with E-state index in [2.05, 4.69) is 49.9 Å². The van der Waals surface area contributed by atoms with E-state index >= 15 is 0 Å². The topological polar surface area (TPSA) is 72.2 Å². The van der Waals surface area contributed by atoms with Gasteiger partial charge in [0.1, 0.15) is 27.5 Å². The van der Waals surface area contributed by atoms with Gasteiger partial charge in [0.15, 0.2) is 11.4 Å². The molecule has 4 aromatic rings. The fourth-order valence-electron chi connectivity index (χ4n) is 4.49. The molecule has 1 saturated heterocycles. The van der Waals surface area contributed by atoms with E-state index in [0.29, 0.717) is 28.6 Å². The predicted molar refractivity (Wildman–Crippen MR) is 157 cm³/mol. The van der Waals surface area contributed by atoms with Gasteiger partial charge in [-0.05, 0) is 64.9 Å². The van der Waals surface area contributed by atoms with Crippen LogP contribution in [0.5, 0.6) is 17.2 Å². The van der Waals surface area contributed by atoms with Crippen LogP contribution in [0, 0.1) is 0 Å². The van der Waals surface area contributed by atoms with Crippen LogP contribution in [0.1, 0.15) is 0 Å². The lowest BCUT2D eigenvalue weighted by molar-refractivity contribution is 0.376. The highest BCUT2D eigenvalue weighted by molar-refractivity contribution is 8.00. The van der Waals surface area contributed by atoms with Crippen molar-refractivity contribution in [1.29, 1.82) is 0 Å². The van der Waals surface area contributed by atoms with Crippen LogP contribution in [0.4, 0.5) is 11.5 Å². The van der Waals surface area contributed by atoms with E-state index in [9.17, 15) is 0 Å². The smallest absolute Gasteiger partial charge is 0.191 e. The Morgan fingerprint density at radius 1 is 0.895 bits per heavy atom. The molecule has 10 heteroatoms. The fourth-order valence-corrected chi connectivity index (χ4v) is 5.92. The number of hydrogen-bond donors (Lipinski definition) is 1. The molecule has 0 aliphatic carbocycles. The Morgan fingerprint density at radius 2 is 1.61 bits per heavy atom. The van der Waals surface area contributed by atoms with Gasteiger partial charge in [-0.25, -0.2) is 4.31 Å². The first-order chi connectivity index (χ1) is 18.6. The highest BCUT2D eigenvalue weighted by atomic mass is 32.2. The van der Waals surface area contributed by atoms with Crippen molar-refractivity contribution in [3.8, 4) is 28.4 Å². The minimum Gasteiger partial charge on any atom is -0.496 e. The third kappa shape index (κ3) is 5.38. The van der Waals surface area contributed by atoms with Crippen LogP contribution in [0.15, 0.2) is 76.0 Å². The normalized spacial score (nSPS) is 13.9. The van der Waals surface area contributed by atoms with E-state index in [1.165, 1.54) is 17.6 Å². The van der Waals surface area contributed by atoms with Gasteiger partial charge in [-0.2, -0.15) is 0 Å². The van der Waals surface area contributed by atoms with Gasteiger partial charge < -0.3 is 28.4 Å². The molecule has 2 heterocycles. The summed E-state index contributed by atoms with van der Waals surface area (Å²) < 4.78 is 28.2. The van der Waals surface area contributed by atoms with Crippen LogP contribution < -0.4 is 23.8 Å². The SMILES string of the molecule is C=CSN1CCN(c2cccc(-c3cc(OC)c4c(NSc5c(OC)cccc5OC)noc4c3)c2)CC1. The van der Waals surface area contributed by atoms with E-state index in [-0.39, 0.29) is 0 Å². The molecule has 0 saturated carbocycles. The Morgan fingerprint density at radius 3 is 2.29 bits per heavy atom. The molecule has 0 radical (unpaired) electrons. The minimum absolute atomic E-state index is 0.561. The molecule has 0 bridgehead atoms. The molecule has 5 rings (SSSR count). The largest absolute Gasteiger partial charge is 0.496 e. The molecule has 198 valence electrons. The van der Waals surface area contributed by atoms with Gasteiger partial charge in [-0.3, -0.25) is 0 Å². The number of benzene rings is 3. The van der Waals surface area contributed by atoms with Crippen LogP contribution in [-0.4, -0.2) is 57.0 Å². The number of anilines is 2. The molecule has 1 fully saturated rings. The summed E-state index contributed by atoms with van der Waals surface area (Å²) >= 11 is 3.03. The summed E-state index contributed by atoms with van der Waals surface area (Å²) in [5.41, 5.74) is 3.92. The number of ether oxygens (including phenoxy) is 3. The zero-order valence-corrected chi connectivity index (χ0v) is 23.2. The molecule has 0 spiro atoms. The van der Waals surface area contributed by atoms with Crippen LogP contribution in [-0.2, 0) is 0 Å². The summed E-state index contributed by atoms with van der Waals surface area (Å²) in [5, 5.41) is 6.94. The molecule has 3 aromatic carbocycles. The molecule has 0 unspecified atom stereocenters. The third-order valence-corrected chi connectivity index (χ3v) is 8.11. The van der Waals surface area contributed by atoms with Crippen LogP contribution >= 0.6 is 23.9 Å². The lowest BCUT2D eigenvalue weighted by Crippen LogP contribution is -2.43. The van der Waals surface area contributed by atoms with Crippen molar-refractivity contribution in [2.45, 2.75) is 4.90 Å². The predicted octanol–water partition coefficient (Wildman–Crippen LogP) is 6.55. The Balaban J connectivity index is 1.40. The highest BCUT2D eigenvalue weighted by Gasteiger charge is 2.20. The molecule has 0 atom stereocenters. The number of nitrogens with zero attached hydrogens (tertiary/aromatic N) is 3. The fraction of sp³-hybridized carbons (Fsp3) is 0.250. The van der Waals surface area contributed by atoms with Crippen LogP contribution in [0.3, 0.4) is 0 Å². The van der Waals surface area contributed by atoms with E-state index < -0.39 is 0 Å². The maximum absolute atomic E-state index is 5.79. The van der Waals surface area contributed by atoms with Crippen LogP contribution in [0.2, 0.25) is 0 Å². The average Bonchev–Trinajstić information content (AvgIpc) is 3.39. The molecule has 1 aromatic heterocycles. The van der Waals surface area contributed by atoms with Crippen molar-refractivity contribution in [1.82, 2.24) is 9.46 Å². The summed E-state index contributed by atoms with van der Waals surface area (Å²) in [6.45, 7) is 7.75. The molecule has 1 aliphatic rings. The zero-order valence-electron chi connectivity index (χ0n) is 21.6. The van der Waals surface area contributed by atoms with Crippen molar-refractivity contribution >= 4 is 46.4 Å². The quantitative estimate of drug-likeness (QED) is 0.220. The van der Waals surface area contributed by atoms with Gasteiger partial charge in [-0.1, -0.05) is 41.9 Å². The monoisotopic (exact) mass is 550 g/mol. The number of nitrogens with one attached hydrogen (secondary N) is 1. The number of fused-ring (bicyclic) bond motifs is 1. The van der Waals surface area contributed by atoms with Gasteiger partial charge in [0.2, 0.25) is 0 Å². The molecular weight excluding hydrogens is 520 g/mol. The second-order valence-corrected chi connectivity index (χ2v) is 10.4. The maximum Gasteiger partial charge on any atom is 0.191 e. The maximum atomic E-state index is 5.79. The summed E-state index contributed by atoms with van der Waals surface area (Å²) in [6, 6.07) is 18.3. The van der Waals surface area contributed by atoms with Crippen molar-refractivity contribution in [3.05, 3.63) is 66.6 Å². The van der Waals surface area contributed by atoms with E-state index in [1.807, 2.05) is 35.7 Å². The minimum atomic E-state index is 0.561. The highest BCUT2D eigenvalue weighted by Crippen LogP contribution is 2.42. The van der Waals surface area contributed by atoms with Gasteiger partial charge >= 0.3 is 0 Å². The summed E-state index contributed by atoms with van der Waals surface area (Å²) in [7, 11) is 4.92. The number of aromatic nitrogens is 1. The summed E-state index contributed by atoms with van der Waals surface area (Å²) in [4.78, 5) is 3.23. The second kappa shape index (κ2) is 11.9. The Hall–Kier alpha value is -3.47. The standard InChI is InChI=1S/C28H30N4O4S2/c1-5-37-32-14-12-31(13-15-32)21-9-6-8-19(16-21)20-17-24(35-4)26-25(18-20)36-29-28(26)30-38-27-22(33-2)10-7-11-23(27)34-3/h5-11,16-18H,1,12-15H2,2-4H3,(H,29,30). The number of piperazine rings is 1. The summed E-state index contributed by atoms with van der Waals surface area (Å²) in [5.74, 6) is 2.63. The van der Waals surface area contributed by atoms with Crippen molar-refractivity contribution in [3.63, 3.8) is 0 Å². The molecule has 1 N–H and O–H groups in total. The Kier molecular flexibility index (Phi) is 8.21. The molecular formula is C28H30N4O4S2. The van der Waals surface area contributed by atoms with Crippen molar-refractivity contribution in [2.24, 2.45) is 0 Å². The van der Waals surface area contributed by atoms with Crippen LogP contribution in [0.25, 0.3) is 22.1 Å². The lowest BCUT2D eigenvalue weighted by Gasteiger charge is -2.35. The van der Waals surface area contributed by atoms with Gasteiger partial charge in [-0.15, -0.1) is 0 Å². The number of rotatable bonds is 10. The first-order valence-electron chi connectivity index (χ1n) is 12.1. The Labute approximate surface area is 231 Å². The van der Waals surface area contributed by atoms with Gasteiger partial charge in [0, 0.05) is 31.9 Å². The van der Waals surface area contributed by atoms with Gasteiger partial charge in [0.05, 0.1) is 21.3 Å². The van der Waals surface area contributed by atoms with Crippen molar-refractivity contribution in [2.75, 3.05) is 57.1 Å². The van der Waals surface area contributed by atoms with E-state index in [0.717, 1.165) is 47.6 Å². The lowest BCUT2D eigenvalue weighted by atomic mass is 10.0. The second-order valence-electron chi connectivity index (χ2n) is 8.52. The molecule has 0 amide bonds. The first-order valence-corrected chi connectivity index (χ1v) is 13.8. The number of hydrogen-bond acceptors (Lipinski definition) is 10. The first kappa shape index (κ1) is 26.1. The van der Waals surface area contributed by atoms with E-state index in [1.54, 1.807) is 33.3 Å². The zero-order chi connectivity index (χ0) is 26.5. The Bertz CT molecular complexity index is 1400.